The molecular formula is C10H6ClFN2O3. The van der Waals surface area contributed by atoms with Crippen LogP contribution in [0.1, 0.15) is 0 Å². The molecule has 0 aliphatic heterocycles. The van der Waals surface area contributed by atoms with Crippen LogP contribution in [0.2, 0.25) is 5.02 Å². The topological polar surface area (TPSA) is 75.3 Å². The molecule has 88 valence electrons. The highest BCUT2D eigenvalue weighted by Gasteiger charge is 2.12. The van der Waals surface area contributed by atoms with Crippen LogP contribution in [0.3, 0.4) is 0 Å². The molecule has 1 heterocycles. The van der Waals surface area contributed by atoms with Crippen molar-refractivity contribution in [1.29, 1.82) is 0 Å². The van der Waals surface area contributed by atoms with E-state index in [1.807, 2.05) is 0 Å². The van der Waals surface area contributed by atoms with Gasteiger partial charge in [0, 0.05) is 23.4 Å². The van der Waals surface area contributed by atoms with Gasteiger partial charge in [-0.1, -0.05) is 11.6 Å². The predicted octanol–water partition coefficient (Wildman–Crippen LogP) is 2.57. The summed E-state index contributed by atoms with van der Waals surface area (Å²) in [4.78, 5) is 10.6. The van der Waals surface area contributed by atoms with Crippen LogP contribution in [0.5, 0.6) is 5.75 Å². The van der Waals surface area contributed by atoms with Crippen molar-refractivity contribution >= 4 is 17.7 Å². The maximum atomic E-state index is 13.0. The average Bonchev–Trinajstić information content (AvgIpc) is 2.72. The Morgan fingerprint density at radius 2 is 2.18 bits per heavy atom. The highest BCUT2D eigenvalue weighted by Crippen LogP contribution is 2.33. The van der Waals surface area contributed by atoms with Crippen molar-refractivity contribution in [2.75, 3.05) is 0 Å². The van der Waals surface area contributed by atoms with Crippen LogP contribution in [0.15, 0.2) is 24.5 Å². The Bertz CT molecular complexity index is 597. The van der Waals surface area contributed by atoms with Crippen molar-refractivity contribution in [3.63, 3.8) is 0 Å². The Kier molecular flexibility index (Phi) is 2.72. The standard InChI is InChI=1S/C10H6ClFN2O3/c11-7-1-6(9(15)2-8(7)12)5-3-13-14(4-5)10(16)17/h1-4,15H,(H,16,17). The van der Waals surface area contributed by atoms with Crippen molar-refractivity contribution in [2.45, 2.75) is 0 Å². The van der Waals surface area contributed by atoms with Crippen LogP contribution in [0, 0.1) is 5.82 Å². The average molecular weight is 257 g/mol. The summed E-state index contributed by atoms with van der Waals surface area (Å²) in [7, 11) is 0. The largest absolute Gasteiger partial charge is 0.507 e. The lowest BCUT2D eigenvalue weighted by Gasteiger charge is -2.03. The third-order valence-corrected chi connectivity index (χ3v) is 2.42. The number of rotatable bonds is 1. The number of phenols is 1. The lowest BCUT2D eigenvalue weighted by Crippen LogP contribution is -2.07. The van der Waals surface area contributed by atoms with Crippen LogP contribution in [-0.2, 0) is 0 Å². The molecule has 0 atom stereocenters. The highest BCUT2D eigenvalue weighted by atomic mass is 35.5. The quantitative estimate of drug-likeness (QED) is 0.822. The minimum atomic E-state index is -1.26. The zero-order chi connectivity index (χ0) is 12.6. The van der Waals surface area contributed by atoms with Crippen molar-refractivity contribution < 1.29 is 19.4 Å². The Morgan fingerprint density at radius 3 is 2.76 bits per heavy atom. The molecule has 17 heavy (non-hydrogen) atoms. The van der Waals surface area contributed by atoms with E-state index in [0.29, 0.717) is 10.2 Å². The molecule has 0 saturated heterocycles. The number of carboxylic acid groups (broad SMARTS) is 1. The Balaban J connectivity index is 2.52. The summed E-state index contributed by atoms with van der Waals surface area (Å²) in [6.45, 7) is 0. The Morgan fingerprint density at radius 1 is 1.47 bits per heavy atom. The number of phenolic OH excluding ortho intramolecular Hbond substituents is 1. The molecule has 0 bridgehead atoms. The maximum absolute atomic E-state index is 13.0. The van der Waals surface area contributed by atoms with E-state index in [0.717, 1.165) is 6.07 Å². The highest BCUT2D eigenvalue weighted by molar-refractivity contribution is 6.31. The first-order chi connectivity index (χ1) is 7.99. The molecule has 0 saturated carbocycles. The molecule has 0 fully saturated rings. The third-order valence-electron chi connectivity index (χ3n) is 2.13. The second-order valence-electron chi connectivity index (χ2n) is 3.24. The SMILES string of the molecule is O=C(O)n1cc(-c2cc(Cl)c(F)cc2O)cn1. The van der Waals surface area contributed by atoms with Gasteiger partial charge in [0.1, 0.15) is 11.6 Å². The van der Waals surface area contributed by atoms with Gasteiger partial charge in [-0.05, 0) is 6.07 Å². The summed E-state index contributed by atoms with van der Waals surface area (Å²) >= 11 is 5.58. The first-order valence-corrected chi connectivity index (χ1v) is 4.83. The van der Waals surface area contributed by atoms with E-state index in [1.54, 1.807) is 0 Å². The van der Waals surface area contributed by atoms with E-state index in [4.69, 9.17) is 16.7 Å². The number of benzene rings is 1. The zero-order valence-corrected chi connectivity index (χ0v) is 9.02. The summed E-state index contributed by atoms with van der Waals surface area (Å²) in [5, 5.41) is 21.6. The summed E-state index contributed by atoms with van der Waals surface area (Å²) in [6, 6.07) is 2.06. The summed E-state index contributed by atoms with van der Waals surface area (Å²) in [6.07, 6.45) is 1.16. The molecule has 0 unspecified atom stereocenters. The van der Waals surface area contributed by atoms with E-state index < -0.39 is 11.9 Å². The predicted molar refractivity (Wildman–Crippen MR) is 57.7 cm³/mol. The molecule has 1 aromatic heterocycles. The number of hydrogen-bond donors (Lipinski definition) is 2. The Labute approximate surface area is 99.7 Å². The van der Waals surface area contributed by atoms with Crippen LogP contribution in [0.4, 0.5) is 9.18 Å². The van der Waals surface area contributed by atoms with E-state index in [1.165, 1.54) is 18.5 Å². The number of nitrogens with zero attached hydrogens (tertiary/aromatic N) is 2. The first kappa shape index (κ1) is 11.4. The smallest absolute Gasteiger partial charge is 0.432 e. The van der Waals surface area contributed by atoms with Gasteiger partial charge in [-0.15, -0.1) is 0 Å². The van der Waals surface area contributed by atoms with Crippen molar-refractivity contribution in [3.05, 3.63) is 35.4 Å². The van der Waals surface area contributed by atoms with Gasteiger partial charge in [-0.3, -0.25) is 0 Å². The molecule has 2 rings (SSSR count). The van der Waals surface area contributed by atoms with Gasteiger partial charge in [-0.25, -0.2) is 9.18 Å². The summed E-state index contributed by atoms with van der Waals surface area (Å²) in [5.74, 6) is -1.09. The normalized spacial score (nSPS) is 10.5. The van der Waals surface area contributed by atoms with Gasteiger partial charge in [0.25, 0.3) is 0 Å². The van der Waals surface area contributed by atoms with E-state index in [9.17, 15) is 14.3 Å². The lowest BCUT2D eigenvalue weighted by atomic mass is 10.1. The van der Waals surface area contributed by atoms with E-state index in [2.05, 4.69) is 5.10 Å². The first-order valence-electron chi connectivity index (χ1n) is 4.45. The molecule has 1 aromatic carbocycles. The maximum Gasteiger partial charge on any atom is 0.432 e. The number of halogens is 2. The number of hydrogen-bond acceptors (Lipinski definition) is 3. The van der Waals surface area contributed by atoms with Crippen LogP contribution in [-0.4, -0.2) is 26.1 Å². The van der Waals surface area contributed by atoms with Crippen LogP contribution in [0.25, 0.3) is 11.1 Å². The van der Waals surface area contributed by atoms with Gasteiger partial charge in [-0.2, -0.15) is 9.78 Å². The fraction of sp³-hybridized carbons (Fsp3) is 0. The van der Waals surface area contributed by atoms with Gasteiger partial charge < -0.3 is 10.2 Å². The summed E-state index contributed by atoms with van der Waals surface area (Å²) in [5.41, 5.74) is 0.538. The van der Waals surface area contributed by atoms with Gasteiger partial charge in [0.05, 0.1) is 11.2 Å². The van der Waals surface area contributed by atoms with Gasteiger partial charge >= 0.3 is 6.09 Å². The molecule has 0 aliphatic rings. The molecule has 0 aliphatic carbocycles. The number of aromatic hydroxyl groups is 1. The van der Waals surface area contributed by atoms with Crippen molar-refractivity contribution in [2.24, 2.45) is 0 Å². The number of aromatic nitrogens is 2. The van der Waals surface area contributed by atoms with Crippen LogP contribution >= 0.6 is 11.6 Å². The molecule has 2 aromatic rings. The summed E-state index contributed by atoms with van der Waals surface area (Å²) < 4.78 is 13.7. The lowest BCUT2D eigenvalue weighted by molar-refractivity contribution is 0.192. The molecule has 5 nitrogen and oxygen atoms in total. The minimum absolute atomic E-state index is 0.166. The van der Waals surface area contributed by atoms with Crippen molar-refractivity contribution in [1.82, 2.24) is 9.78 Å². The molecule has 7 heteroatoms. The van der Waals surface area contributed by atoms with Crippen LogP contribution < -0.4 is 0 Å². The minimum Gasteiger partial charge on any atom is -0.507 e. The van der Waals surface area contributed by atoms with Gasteiger partial charge in [0.15, 0.2) is 0 Å². The fourth-order valence-corrected chi connectivity index (χ4v) is 1.50. The second-order valence-corrected chi connectivity index (χ2v) is 3.65. The van der Waals surface area contributed by atoms with E-state index in [-0.39, 0.29) is 16.3 Å². The zero-order valence-electron chi connectivity index (χ0n) is 8.26. The molecule has 2 N–H and O–H groups in total. The Hall–Kier alpha value is -2.08. The number of carbonyl (C=O) groups is 1. The van der Waals surface area contributed by atoms with Gasteiger partial charge in [0.2, 0.25) is 0 Å². The van der Waals surface area contributed by atoms with E-state index >= 15 is 0 Å². The monoisotopic (exact) mass is 256 g/mol. The molecule has 0 spiro atoms. The van der Waals surface area contributed by atoms with Crippen molar-refractivity contribution in [3.8, 4) is 16.9 Å². The molecular weight excluding hydrogens is 251 g/mol. The molecule has 0 amide bonds. The third kappa shape index (κ3) is 2.07. The second kappa shape index (κ2) is 4.06. The fourth-order valence-electron chi connectivity index (χ4n) is 1.33. The molecule has 0 radical (unpaired) electrons.